The van der Waals surface area contributed by atoms with Crippen molar-refractivity contribution in [2.45, 2.75) is 39.2 Å². The SMILES string of the molecule is CCOC(=O)CC(NC(=O)CCCOc1cccc(C)c1)c1cccc(OC)c1. The summed E-state index contributed by atoms with van der Waals surface area (Å²) in [5.41, 5.74) is 1.92. The first-order chi connectivity index (χ1) is 14.0. The van der Waals surface area contributed by atoms with E-state index in [-0.39, 0.29) is 18.3 Å². The highest BCUT2D eigenvalue weighted by Gasteiger charge is 2.19. The highest BCUT2D eigenvalue weighted by atomic mass is 16.5. The summed E-state index contributed by atoms with van der Waals surface area (Å²) in [5, 5.41) is 2.93. The van der Waals surface area contributed by atoms with Gasteiger partial charge >= 0.3 is 5.97 Å². The number of carbonyl (C=O) groups excluding carboxylic acids is 2. The minimum Gasteiger partial charge on any atom is -0.497 e. The number of carbonyl (C=O) groups is 2. The van der Waals surface area contributed by atoms with Crippen molar-refractivity contribution in [1.82, 2.24) is 5.32 Å². The van der Waals surface area contributed by atoms with Crippen molar-refractivity contribution in [2.75, 3.05) is 20.3 Å². The van der Waals surface area contributed by atoms with Gasteiger partial charge in [-0.1, -0.05) is 24.3 Å². The second-order valence-corrected chi connectivity index (χ2v) is 6.67. The van der Waals surface area contributed by atoms with Crippen LogP contribution in [0.5, 0.6) is 11.5 Å². The van der Waals surface area contributed by atoms with Crippen LogP contribution in [0.25, 0.3) is 0 Å². The van der Waals surface area contributed by atoms with Crippen LogP contribution in [-0.4, -0.2) is 32.2 Å². The van der Waals surface area contributed by atoms with Crippen LogP contribution in [0.4, 0.5) is 0 Å². The van der Waals surface area contributed by atoms with E-state index in [1.165, 1.54) is 0 Å². The molecule has 0 aliphatic heterocycles. The van der Waals surface area contributed by atoms with Crippen LogP contribution < -0.4 is 14.8 Å². The fourth-order valence-electron chi connectivity index (χ4n) is 2.89. The van der Waals surface area contributed by atoms with Crippen LogP contribution in [0.15, 0.2) is 48.5 Å². The number of aryl methyl sites for hydroxylation is 1. The number of benzene rings is 2. The second kappa shape index (κ2) is 11.7. The van der Waals surface area contributed by atoms with Crippen LogP contribution in [0.3, 0.4) is 0 Å². The number of hydrogen-bond acceptors (Lipinski definition) is 5. The van der Waals surface area contributed by atoms with Gasteiger partial charge in [0, 0.05) is 6.42 Å². The maximum Gasteiger partial charge on any atom is 0.308 e. The van der Waals surface area contributed by atoms with Gasteiger partial charge in [-0.2, -0.15) is 0 Å². The Morgan fingerprint density at radius 3 is 2.55 bits per heavy atom. The summed E-state index contributed by atoms with van der Waals surface area (Å²) in [6.45, 7) is 4.50. The third kappa shape index (κ3) is 7.86. The Balaban J connectivity index is 1.90. The largest absolute Gasteiger partial charge is 0.497 e. The lowest BCUT2D eigenvalue weighted by molar-refractivity contribution is -0.143. The van der Waals surface area contributed by atoms with E-state index in [0.717, 1.165) is 16.9 Å². The fraction of sp³-hybridized carbons (Fsp3) is 0.391. The van der Waals surface area contributed by atoms with E-state index in [0.29, 0.717) is 31.8 Å². The van der Waals surface area contributed by atoms with Gasteiger partial charge in [-0.15, -0.1) is 0 Å². The lowest BCUT2D eigenvalue weighted by atomic mass is 10.0. The van der Waals surface area contributed by atoms with Gasteiger partial charge in [-0.25, -0.2) is 0 Å². The Labute approximate surface area is 172 Å². The molecular formula is C23H29NO5. The summed E-state index contributed by atoms with van der Waals surface area (Å²) in [7, 11) is 1.58. The number of esters is 1. The predicted octanol–water partition coefficient (Wildman–Crippen LogP) is 3.97. The van der Waals surface area contributed by atoms with Crippen molar-refractivity contribution in [3.8, 4) is 11.5 Å². The van der Waals surface area contributed by atoms with Gasteiger partial charge in [-0.05, 0) is 55.7 Å². The minimum absolute atomic E-state index is 0.0620. The van der Waals surface area contributed by atoms with Gasteiger partial charge in [0.2, 0.25) is 5.91 Å². The third-order valence-corrected chi connectivity index (χ3v) is 4.31. The van der Waals surface area contributed by atoms with E-state index in [9.17, 15) is 9.59 Å². The van der Waals surface area contributed by atoms with E-state index < -0.39 is 6.04 Å². The average Bonchev–Trinajstić information content (AvgIpc) is 2.71. The molecule has 1 amide bonds. The van der Waals surface area contributed by atoms with Gasteiger partial charge in [0.1, 0.15) is 11.5 Å². The number of rotatable bonds is 11. The molecule has 156 valence electrons. The highest BCUT2D eigenvalue weighted by molar-refractivity contribution is 5.78. The Morgan fingerprint density at radius 2 is 1.83 bits per heavy atom. The van der Waals surface area contributed by atoms with Crippen LogP contribution in [0.2, 0.25) is 0 Å². The molecule has 2 rings (SSSR count). The zero-order valence-corrected chi connectivity index (χ0v) is 17.3. The number of methoxy groups -OCH3 is 1. The predicted molar refractivity (Wildman–Crippen MR) is 111 cm³/mol. The smallest absolute Gasteiger partial charge is 0.308 e. The number of amides is 1. The molecule has 0 bridgehead atoms. The summed E-state index contributed by atoms with van der Waals surface area (Å²) in [6, 6.07) is 14.6. The third-order valence-electron chi connectivity index (χ3n) is 4.31. The van der Waals surface area contributed by atoms with Crippen molar-refractivity contribution in [1.29, 1.82) is 0 Å². The molecule has 1 N–H and O–H groups in total. The molecule has 0 aliphatic carbocycles. The molecule has 0 spiro atoms. The average molecular weight is 399 g/mol. The summed E-state index contributed by atoms with van der Waals surface area (Å²) in [6.07, 6.45) is 0.936. The zero-order valence-electron chi connectivity index (χ0n) is 17.3. The molecule has 0 saturated carbocycles. The lowest BCUT2D eigenvalue weighted by Gasteiger charge is -2.19. The Hall–Kier alpha value is -3.02. The van der Waals surface area contributed by atoms with Gasteiger partial charge in [0.05, 0.1) is 32.8 Å². The van der Waals surface area contributed by atoms with Crippen molar-refractivity contribution in [2.24, 2.45) is 0 Å². The van der Waals surface area contributed by atoms with Gasteiger partial charge in [0.25, 0.3) is 0 Å². The topological polar surface area (TPSA) is 73.9 Å². The maximum absolute atomic E-state index is 12.4. The number of hydrogen-bond donors (Lipinski definition) is 1. The molecule has 6 heteroatoms. The highest BCUT2D eigenvalue weighted by Crippen LogP contribution is 2.22. The first kappa shape index (κ1) is 22.3. The normalized spacial score (nSPS) is 11.4. The number of ether oxygens (including phenoxy) is 3. The first-order valence-corrected chi connectivity index (χ1v) is 9.80. The minimum atomic E-state index is -0.477. The van der Waals surface area contributed by atoms with Crippen molar-refractivity contribution < 1.29 is 23.8 Å². The molecule has 29 heavy (non-hydrogen) atoms. The Kier molecular flexibility index (Phi) is 9.02. The molecule has 2 aromatic rings. The van der Waals surface area contributed by atoms with Crippen molar-refractivity contribution in [3.63, 3.8) is 0 Å². The molecule has 0 radical (unpaired) electrons. The van der Waals surface area contributed by atoms with Gasteiger partial charge in [-0.3, -0.25) is 9.59 Å². The molecule has 0 fully saturated rings. The van der Waals surface area contributed by atoms with E-state index in [1.807, 2.05) is 55.5 Å². The molecule has 0 aliphatic rings. The summed E-state index contributed by atoms with van der Waals surface area (Å²) in [5.74, 6) is 0.956. The fourth-order valence-corrected chi connectivity index (χ4v) is 2.89. The van der Waals surface area contributed by atoms with E-state index in [1.54, 1.807) is 14.0 Å². The van der Waals surface area contributed by atoms with Gasteiger partial charge < -0.3 is 19.5 Å². The first-order valence-electron chi connectivity index (χ1n) is 9.80. The number of nitrogens with one attached hydrogen (secondary N) is 1. The van der Waals surface area contributed by atoms with E-state index >= 15 is 0 Å². The second-order valence-electron chi connectivity index (χ2n) is 6.67. The zero-order chi connectivity index (χ0) is 21.1. The summed E-state index contributed by atoms with van der Waals surface area (Å²) in [4.78, 5) is 24.4. The summed E-state index contributed by atoms with van der Waals surface area (Å²) < 4.78 is 16.0. The maximum atomic E-state index is 12.4. The van der Waals surface area contributed by atoms with Crippen molar-refractivity contribution >= 4 is 11.9 Å². The standard InChI is InChI=1S/C23H29NO5/c1-4-28-23(26)16-21(18-9-6-10-19(15-18)27-3)24-22(25)12-7-13-29-20-11-5-8-17(2)14-20/h5-6,8-11,14-15,21H,4,7,12-13,16H2,1-3H3,(H,24,25). The molecular weight excluding hydrogens is 370 g/mol. The van der Waals surface area contributed by atoms with Gasteiger partial charge in [0.15, 0.2) is 0 Å². The monoisotopic (exact) mass is 399 g/mol. The Bertz CT molecular complexity index is 805. The van der Waals surface area contributed by atoms with Crippen LogP contribution in [-0.2, 0) is 14.3 Å². The summed E-state index contributed by atoms with van der Waals surface area (Å²) >= 11 is 0. The van der Waals surface area contributed by atoms with Crippen LogP contribution in [0.1, 0.15) is 43.4 Å². The van der Waals surface area contributed by atoms with Crippen LogP contribution >= 0.6 is 0 Å². The van der Waals surface area contributed by atoms with E-state index in [2.05, 4.69) is 5.32 Å². The molecule has 0 aromatic heterocycles. The Morgan fingerprint density at radius 1 is 1.07 bits per heavy atom. The molecule has 6 nitrogen and oxygen atoms in total. The van der Waals surface area contributed by atoms with Crippen molar-refractivity contribution in [3.05, 3.63) is 59.7 Å². The molecule has 2 aromatic carbocycles. The van der Waals surface area contributed by atoms with Crippen LogP contribution in [0, 0.1) is 6.92 Å². The molecule has 1 unspecified atom stereocenters. The molecule has 0 heterocycles. The molecule has 0 saturated heterocycles. The quantitative estimate of drug-likeness (QED) is 0.457. The lowest BCUT2D eigenvalue weighted by Crippen LogP contribution is -2.30. The molecule has 1 atom stereocenters. The van der Waals surface area contributed by atoms with E-state index in [4.69, 9.17) is 14.2 Å².